The van der Waals surface area contributed by atoms with Crippen LogP contribution in [0.25, 0.3) is 10.7 Å². The van der Waals surface area contributed by atoms with Crippen molar-refractivity contribution in [3.63, 3.8) is 0 Å². The highest BCUT2D eigenvalue weighted by molar-refractivity contribution is 6.42. The van der Waals surface area contributed by atoms with Crippen LogP contribution in [0.5, 0.6) is 0 Å². The summed E-state index contributed by atoms with van der Waals surface area (Å²) in [6.07, 6.45) is 0. The first-order valence-corrected chi connectivity index (χ1v) is 8.03. The van der Waals surface area contributed by atoms with Gasteiger partial charge in [0, 0.05) is 5.56 Å². The maximum absolute atomic E-state index is 12.5. The number of benzene rings is 2. The van der Waals surface area contributed by atoms with Gasteiger partial charge in [-0.2, -0.15) is 5.10 Å². The van der Waals surface area contributed by atoms with Gasteiger partial charge in [-0.15, -0.1) is 0 Å². The van der Waals surface area contributed by atoms with Gasteiger partial charge >= 0.3 is 5.69 Å². The van der Waals surface area contributed by atoms with E-state index in [9.17, 15) is 10.2 Å². The van der Waals surface area contributed by atoms with Gasteiger partial charge in [-0.1, -0.05) is 41.4 Å². The Bertz CT molecular complexity index is 992. The van der Waals surface area contributed by atoms with E-state index in [1.165, 1.54) is 4.68 Å². The van der Waals surface area contributed by atoms with Crippen molar-refractivity contribution in [1.29, 1.82) is 5.39 Å². The lowest BCUT2D eigenvalue weighted by Gasteiger charge is -2.08. The molecule has 8 heteroatoms. The number of aromatic nitrogens is 2. The van der Waals surface area contributed by atoms with E-state index < -0.39 is 0 Å². The zero-order valence-electron chi connectivity index (χ0n) is 13.1. The Morgan fingerprint density at radius 1 is 1.16 bits per heavy atom. The summed E-state index contributed by atoms with van der Waals surface area (Å²) in [6.45, 7) is 1.67. The molecule has 0 aliphatic heterocycles. The second kappa shape index (κ2) is 6.93. The molecule has 2 aromatic carbocycles. The zero-order chi connectivity index (χ0) is 18.0. The number of aryl methyl sites for hydroxylation is 1. The standard InChI is InChI=1S/C17H11Cl2N5O/c1-10-15(22-20)16(21-17(25)11-5-3-2-4-6-11)24(23-10)12-7-8-13(18)14(19)9-12/h2-9H,1H3/p+1. The molecule has 0 fully saturated rings. The number of nitrogens with one attached hydrogen (secondary N) is 1. The van der Waals surface area contributed by atoms with Crippen molar-refractivity contribution in [2.24, 2.45) is 0 Å². The van der Waals surface area contributed by atoms with Crippen LogP contribution < -0.4 is 5.32 Å². The second-order valence-corrected chi connectivity index (χ2v) is 6.03. The summed E-state index contributed by atoms with van der Waals surface area (Å²) in [5.41, 5.74) is 1.63. The Labute approximate surface area is 153 Å². The molecule has 1 aromatic heterocycles. The summed E-state index contributed by atoms with van der Waals surface area (Å²) in [7, 11) is 0. The van der Waals surface area contributed by atoms with Gasteiger partial charge in [-0.3, -0.25) is 10.1 Å². The van der Waals surface area contributed by atoms with Crippen molar-refractivity contribution < 1.29 is 4.79 Å². The highest BCUT2D eigenvalue weighted by Gasteiger charge is 2.28. The average Bonchev–Trinajstić information content (AvgIpc) is 2.93. The molecule has 1 N–H and O–H groups in total. The fraction of sp³-hybridized carbons (Fsp3) is 0.0588. The highest BCUT2D eigenvalue weighted by atomic mass is 35.5. The van der Waals surface area contributed by atoms with Crippen molar-refractivity contribution in [2.45, 2.75) is 6.92 Å². The number of diazo groups is 1. The largest absolute Gasteiger partial charge is 0.449 e. The van der Waals surface area contributed by atoms with Gasteiger partial charge in [0.15, 0.2) is 10.7 Å². The fourth-order valence-corrected chi connectivity index (χ4v) is 2.62. The van der Waals surface area contributed by atoms with Gasteiger partial charge in [0.2, 0.25) is 11.2 Å². The van der Waals surface area contributed by atoms with E-state index in [1.54, 1.807) is 49.4 Å². The first-order chi connectivity index (χ1) is 12.0. The van der Waals surface area contributed by atoms with Crippen molar-refractivity contribution in [1.82, 2.24) is 9.78 Å². The summed E-state index contributed by atoms with van der Waals surface area (Å²) < 4.78 is 1.44. The van der Waals surface area contributed by atoms with Crippen LogP contribution in [0.3, 0.4) is 0 Å². The lowest BCUT2D eigenvalue weighted by molar-refractivity contribution is 0.102. The van der Waals surface area contributed by atoms with Crippen molar-refractivity contribution in [3.8, 4) is 5.69 Å². The van der Waals surface area contributed by atoms with E-state index in [0.29, 0.717) is 27.0 Å². The number of hydrogen-bond acceptors (Lipinski definition) is 3. The Hall–Kier alpha value is -2.88. The molecule has 3 aromatic rings. The molecule has 0 unspecified atom stereocenters. The molecule has 1 amide bonds. The van der Waals surface area contributed by atoms with Crippen LogP contribution in [0.15, 0.2) is 48.5 Å². The molecule has 25 heavy (non-hydrogen) atoms. The van der Waals surface area contributed by atoms with E-state index in [4.69, 9.17) is 23.2 Å². The Kier molecular flexibility index (Phi) is 4.70. The summed E-state index contributed by atoms with van der Waals surface area (Å²) in [6, 6.07) is 13.6. The SMILES string of the molecule is Cc1nn(-c2ccc(Cl)c(Cl)c2)c(NC(=O)c2ccccc2)c1[N+]#N. The molecule has 0 aliphatic carbocycles. The number of rotatable bonds is 3. The molecule has 0 bridgehead atoms. The average molecular weight is 373 g/mol. The number of halogens is 2. The second-order valence-electron chi connectivity index (χ2n) is 5.21. The molecule has 0 atom stereocenters. The van der Waals surface area contributed by atoms with Crippen LogP contribution in [0, 0.1) is 12.3 Å². The van der Waals surface area contributed by atoms with Gasteiger partial charge in [0.05, 0.1) is 15.7 Å². The summed E-state index contributed by atoms with van der Waals surface area (Å²) in [5.74, 6) is -0.126. The third kappa shape index (κ3) is 3.33. The third-order valence-corrected chi connectivity index (χ3v) is 4.28. The Morgan fingerprint density at radius 2 is 1.88 bits per heavy atom. The lowest BCUT2D eigenvalue weighted by Crippen LogP contribution is -2.15. The number of carbonyl (C=O) groups is 1. The van der Waals surface area contributed by atoms with Crippen LogP contribution >= 0.6 is 23.2 Å². The van der Waals surface area contributed by atoms with Gasteiger partial charge in [0.25, 0.3) is 5.91 Å². The molecule has 6 nitrogen and oxygen atoms in total. The number of carbonyl (C=O) groups excluding carboxylic acids is 1. The minimum Gasteiger partial charge on any atom is -0.300 e. The Balaban J connectivity index is 2.07. The molecular weight excluding hydrogens is 361 g/mol. The smallest absolute Gasteiger partial charge is 0.300 e. The highest BCUT2D eigenvalue weighted by Crippen LogP contribution is 2.33. The maximum atomic E-state index is 12.5. The van der Waals surface area contributed by atoms with Gasteiger partial charge in [-0.25, -0.2) is 4.68 Å². The maximum Gasteiger partial charge on any atom is 0.449 e. The molecule has 0 saturated heterocycles. The van der Waals surface area contributed by atoms with Gasteiger partial charge in [0.1, 0.15) is 0 Å². The monoisotopic (exact) mass is 372 g/mol. The minimum absolute atomic E-state index is 0.162. The topological polar surface area (TPSA) is 75.1 Å². The molecule has 0 aliphatic rings. The molecule has 1 heterocycles. The van der Waals surface area contributed by atoms with Crippen LogP contribution in [-0.2, 0) is 0 Å². The fourth-order valence-electron chi connectivity index (χ4n) is 2.32. The first kappa shape index (κ1) is 17.0. The summed E-state index contributed by atoms with van der Waals surface area (Å²) >= 11 is 12.0. The van der Waals surface area contributed by atoms with Crippen LogP contribution in [0.2, 0.25) is 10.0 Å². The Morgan fingerprint density at radius 3 is 2.52 bits per heavy atom. The van der Waals surface area contributed by atoms with Gasteiger partial charge in [-0.05, 0) is 37.3 Å². The molecular formula is C17H12Cl2N5O+. The molecule has 0 saturated carbocycles. The van der Waals surface area contributed by atoms with Gasteiger partial charge < -0.3 is 0 Å². The predicted octanol–water partition coefficient (Wildman–Crippen LogP) is 5.22. The predicted molar refractivity (Wildman–Crippen MR) is 97.5 cm³/mol. The number of anilines is 1. The van der Waals surface area contributed by atoms with Crippen molar-refractivity contribution >= 4 is 40.6 Å². The van der Waals surface area contributed by atoms with Crippen LogP contribution in [-0.4, -0.2) is 15.7 Å². The first-order valence-electron chi connectivity index (χ1n) is 7.28. The van der Waals surface area contributed by atoms with Crippen molar-refractivity contribution in [3.05, 3.63) is 74.8 Å². The van der Waals surface area contributed by atoms with E-state index in [-0.39, 0.29) is 17.4 Å². The van der Waals surface area contributed by atoms with E-state index >= 15 is 0 Å². The summed E-state index contributed by atoms with van der Waals surface area (Å²) in [4.78, 5) is 15.7. The molecule has 3 rings (SSSR count). The molecule has 0 radical (unpaired) electrons. The summed E-state index contributed by atoms with van der Waals surface area (Å²) in [5, 5.41) is 17.1. The number of amides is 1. The quantitative estimate of drug-likeness (QED) is 0.639. The van der Waals surface area contributed by atoms with E-state index in [1.807, 2.05) is 6.07 Å². The third-order valence-electron chi connectivity index (χ3n) is 3.54. The van der Waals surface area contributed by atoms with Crippen LogP contribution in [0.1, 0.15) is 16.1 Å². The number of hydrogen-bond donors (Lipinski definition) is 1. The van der Waals surface area contributed by atoms with Crippen LogP contribution in [0.4, 0.5) is 11.5 Å². The number of nitrogens with zero attached hydrogens (tertiary/aromatic N) is 4. The van der Waals surface area contributed by atoms with E-state index in [0.717, 1.165) is 0 Å². The zero-order valence-corrected chi connectivity index (χ0v) is 14.6. The lowest BCUT2D eigenvalue weighted by atomic mass is 10.2. The molecule has 124 valence electrons. The van der Waals surface area contributed by atoms with Crippen molar-refractivity contribution in [2.75, 3.05) is 5.32 Å². The molecule has 0 spiro atoms. The van der Waals surface area contributed by atoms with E-state index in [2.05, 4.69) is 15.4 Å². The normalized spacial score (nSPS) is 10.3. The minimum atomic E-state index is -0.355.